The maximum atomic E-state index is 12.1. The van der Waals surface area contributed by atoms with Crippen LogP contribution < -0.4 is 16.0 Å². The number of imide groups is 1. The number of carbonyl (C=O) groups is 3. The van der Waals surface area contributed by atoms with Crippen LogP contribution in [0.2, 0.25) is 5.02 Å². The Kier molecular flexibility index (Phi) is 4.81. The summed E-state index contributed by atoms with van der Waals surface area (Å²) < 4.78 is 0. The number of carbonyl (C=O) groups excluding carboxylic acids is 3. The molecule has 1 fully saturated rings. The lowest BCUT2D eigenvalue weighted by atomic mass is 10.1. The lowest BCUT2D eigenvalue weighted by Gasteiger charge is -2.22. The molecule has 24 heavy (non-hydrogen) atoms. The molecule has 3 N–H and O–H groups in total. The zero-order chi connectivity index (χ0) is 17.1. The normalized spacial score (nSPS) is 20.5. The van der Waals surface area contributed by atoms with Gasteiger partial charge in [-0.25, -0.2) is 4.79 Å². The Labute approximate surface area is 146 Å². The average molecular weight is 366 g/mol. The van der Waals surface area contributed by atoms with Crippen LogP contribution in [0.25, 0.3) is 0 Å². The van der Waals surface area contributed by atoms with Crippen molar-refractivity contribution in [1.29, 1.82) is 0 Å². The van der Waals surface area contributed by atoms with E-state index >= 15 is 0 Å². The summed E-state index contributed by atoms with van der Waals surface area (Å²) in [7, 11) is 0. The maximum absolute atomic E-state index is 12.1. The predicted octanol–water partition coefficient (Wildman–Crippen LogP) is 0.861. The highest BCUT2D eigenvalue weighted by atomic mass is 35.5. The first-order chi connectivity index (χ1) is 11.5. The molecular formula is C14H12ClN5O3S. The predicted molar refractivity (Wildman–Crippen MR) is 91.1 cm³/mol. The number of hydrogen-bond donors (Lipinski definition) is 3. The van der Waals surface area contributed by atoms with E-state index in [1.165, 1.54) is 11.8 Å². The molecular weight excluding hydrogens is 354 g/mol. The van der Waals surface area contributed by atoms with Crippen molar-refractivity contribution >= 4 is 52.1 Å². The maximum Gasteiger partial charge on any atom is 0.322 e. The van der Waals surface area contributed by atoms with Gasteiger partial charge in [-0.2, -0.15) is 5.10 Å². The number of hydrogen-bond acceptors (Lipinski definition) is 6. The number of nitrogens with one attached hydrogen (secondary N) is 3. The minimum absolute atomic E-state index is 0.116. The van der Waals surface area contributed by atoms with Crippen LogP contribution in [0.15, 0.2) is 34.5 Å². The smallest absolute Gasteiger partial charge is 0.322 e. The van der Waals surface area contributed by atoms with Gasteiger partial charge in [0.05, 0.1) is 12.1 Å². The lowest BCUT2D eigenvalue weighted by Crippen LogP contribution is -2.58. The van der Waals surface area contributed by atoms with Crippen LogP contribution in [-0.4, -0.2) is 40.5 Å². The second kappa shape index (κ2) is 7.02. The summed E-state index contributed by atoms with van der Waals surface area (Å²) in [5.74, 6) is -0.479. The van der Waals surface area contributed by atoms with Crippen molar-refractivity contribution in [2.75, 3.05) is 5.75 Å². The molecule has 2 aliphatic heterocycles. The van der Waals surface area contributed by atoms with E-state index in [0.29, 0.717) is 15.9 Å². The SMILES string of the molecule is O=C1C[C@@H](C(=O)NC2=NN=C(c3ccc(Cl)cc3)CS2)NC(=O)N1. The zero-order valence-corrected chi connectivity index (χ0v) is 13.8. The molecule has 0 spiro atoms. The number of thioether (sulfide) groups is 1. The average Bonchev–Trinajstić information content (AvgIpc) is 2.55. The van der Waals surface area contributed by atoms with Crippen LogP contribution in [0.3, 0.4) is 0 Å². The third-order valence-electron chi connectivity index (χ3n) is 3.28. The van der Waals surface area contributed by atoms with Crippen molar-refractivity contribution in [1.82, 2.24) is 16.0 Å². The van der Waals surface area contributed by atoms with Crippen LogP contribution >= 0.6 is 23.4 Å². The van der Waals surface area contributed by atoms with Gasteiger partial charge in [0.25, 0.3) is 0 Å². The minimum Gasteiger partial charge on any atom is -0.325 e. The number of benzene rings is 1. The highest BCUT2D eigenvalue weighted by Gasteiger charge is 2.30. The molecule has 3 rings (SSSR count). The van der Waals surface area contributed by atoms with Crippen molar-refractivity contribution in [3.63, 3.8) is 0 Å². The Bertz CT molecular complexity index is 746. The van der Waals surface area contributed by atoms with Crippen LogP contribution in [0.5, 0.6) is 0 Å². The van der Waals surface area contributed by atoms with Gasteiger partial charge >= 0.3 is 6.03 Å². The summed E-state index contributed by atoms with van der Waals surface area (Å²) in [6.45, 7) is 0. The van der Waals surface area contributed by atoms with Gasteiger partial charge in [0, 0.05) is 10.8 Å². The second-order valence-electron chi connectivity index (χ2n) is 5.02. The zero-order valence-electron chi connectivity index (χ0n) is 12.2. The van der Waals surface area contributed by atoms with Crippen molar-refractivity contribution in [2.24, 2.45) is 10.2 Å². The number of amides is 4. The van der Waals surface area contributed by atoms with Crippen molar-refractivity contribution in [2.45, 2.75) is 12.5 Å². The molecule has 1 saturated heterocycles. The molecule has 8 nitrogen and oxygen atoms in total. The Hall–Kier alpha value is -2.39. The standard InChI is InChI=1S/C14H12ClN5O3S/c15-8-3-1-7(2-4-8)10-6-24-14(20-19-10)18-12(22)9-5-11(21)17-13(23)16-9/h1-4,9H,5-6H2,(H,18,20,22)(H2,16,17,21,23)/t9-/m0/s1. The van der Waals surface area contributed by atoms with E-state index in [2.05, 4.69) is 26.2 Å². The van der Waals surface area contributed by atoms with E-state index in [4.69, 9.17) is 11.6 Å². The first-order valence-corrected chi connectivity index (χ1v) is 8.32. The molecule has 1 aromatic carbocycles. The van der Waals surface area contributed by atoms with Gasteiger partial charge in [0.2, 0.25) is 11.8 Å². The molecule has 0 unspecified atom stereocenters. The van der Waals surface area contributed by atoms with Gasteiger partial charge in [-0.05, 0) is 17.7 Å². The number of urea groups is 1. The van der Waals surface area contributed by atoms with E-state index in [9.17, 15) is 14.4 Å². The molecule has 2 heterocycles. The molecule has 0 aliphatic carbocycles. The molecule has 0 bridgehead atoms. The molecule has 2 aliphatic rings. The summed E-state index contributed by atoms with van der Waals surface area (Å²) in [4.78, 5) is 34.6. The Morgan fingerprint density at radius 1 is 1.25 bits per heavy atom. The molecule has 0 radical (unpaired) electrons. The number of halogens is 1. The van der Waals surface area contributed by atoms with Crippen LogP contribution in [0.1, 0.15) is 12.0 Å². The van der Waals surface area contributed by atoms with Gasteiger partial charge in [-0.3, -0.25) is 14.9 Å². The molecule has 0 aromatic heterocycles. The van der Waals surface area contributed by atoms with Gasteiger partial charge in [0.15, 0.2) is 5.17 Å². The first kappa shape index (κ1) is 16.5. The molecule has 10 heteroatoms. The molecule has 4 amide bonds. The van der Waals surface area contributed by atoms with E-state index in [1.807, 2.05) is 12.1 Å². The van der Waals surface area contributed by atoms with E-state index in [-0.39, 0.29) is 6.42 Å². The van der Waals surface area contributed by atoms with Crippen molar-refractivity contribution in [3.05, 3.63) is 34.9 Å². The van der Waals surface area contributed by atoms with Gasteiger partial charge in [-0.15, -0.1) is 5.10 Å². The number of amidine groups is 1. The first-order valence-electron chi connectivity index (χ1n) is 6.96. The van der Waals surface area contributed by atoms with Gasteiger partial charge < -0.3 is 10.6 Å². The molecule has 0 saturated carbocycles. The quantitative estimate of drug-likeness (QED) is 0.721. The Morgan fingerprint density at radius 2 is 2.00 bits per heavy atom. The monoisotopic (exact) mass is 365 g/mol. The minimum atomic E-state index is -0.920. The summed E-state index contributed by atoms with van der Waals surface area (Å²) in [5, 5.41) is 16.0. The van der Waals surface area contributed by atoms with Crippen molar-refractivity contribution in [3.8, 4) is 0 Å². The van der Waals surface area contributed by atoms with E-state index in [0.717, 1.165) is 11.3 Å². The van der Waals surface area contributed by atoms with Crippen LogP contribution in [0.4, 0.5) is 4.79 Å². The van der Waals surface area contributed by atoms with Crippen LogP contribution in [-0.2, 0) is 9.59 Å². The summed E-state index contributed by atoms with van der Waals surface area (Å²) >= 11 is 7.15. The number of rotatable bonds is 2. The fraction of sp³-hybridized carbons (Fsp3) is 0.214. The summed E-state index contributed by atoms with van der Waals surface area (Å²) in [5.41, 5.74) is 1.66. The second-order valence-corrected chi connectivity index (χ2v) is 6.42. The third-order valence-corrected chi connectivity index (χ3v) is 4.41. The molecule has 1 aromatic rings. The van der Waals surface area contributed by atoms with E-state index < -0.39 is 23.9 Å². The Morgan fingerprint density at radius 3 is 2.62 bits per heavy atom. The van der Waals surface area contributed by atoms with E-state index in [1.54, 1.807) is 12.1 Å². The van der Waals surface area contributed by atoms with Gasteiger partial charge in [0.1, 0.15) is 6.04 Å². The highest BCUT2D eigenvalue weighted by Crippen LogP contribution is 2.17. The molecule has 1 atom stereocenters. The van der Waals surface area contributed by atoms with Crippen molar-refractivity contribution < 1.29 is 14.4 Å². The lowest BCUT2D eigenvalue weighted by molar-refractivity contribution is -0.128. The summed E-state index contributed by atoms with van der Waals surface area (Å²) in [6.07, 6.45) is -0.116. The highest BCUT2D eigenvalue weighted by molar-refractivity contribution is 8.14. The Balaban J connectivity index is 1.64. The topological polar surface area (TPSA) is 112 Å². The fourth-order valence-corrected chi connectivity index (χ4v) is 3.00. The largest absolute Gasteiger partial charge is 0.325 e. The summed E-state index contributed by atoms with van der Waals surface area (Å²) in [6, 6.07) is 5.61. The fourth-order valence-electron chi connectivity index (χ4n) is 2.10. The number of nitrogens with zero attached hydrogens (tertiary/aromatic N) is 2. The molecule has 124 valence electrons. The van der Waals surface area contributed by atoms with Crippen LogP contribution in [0, 0.1) is 0 Å². The third kappa shape index (κ3) is 3.92. The van der Waals surface area contributed by atoms with Gasteiger partial charge in [-0.1, -0.05) is 35.5 Å².